The summed E-state index contributed by atoms with van der Waals surface area (Å²) in [4.78, 5) is 25.1. The van der Waals surface area contributed by atoms with E-state index in [-0.39, 0.29) is 23.8 Å². The van der Waals surface area contributed by atoms with Gasteiger partial charge >= 0.3 is 5.97 Å². The van der Waals surface area contributed by atoms with Crippen LogP contribution in [-0.4, -0.2) is 18.4 Å². The molecule has 0 amide bonds. The molecule has 24 heavy (non-hydrogen) atoms. The number of nitrogens with two attached hydrogens (primary N) is 1. The van der Waals surface area contributed by atoms with Crippen LogP contribution in [-0.2, 0) is 19.1 Å². The fraction of sp³-hybridized carbons (Fsp3) is 0.368. The van der Waals surface area contributed by atoms with Gasteiger partial charge < -0.3 is 15.2 Å². The molecule has 2 N–H and O–H groups in total. The van der Waals surface area contributed by atoms with Gasteiger partial charge in [-0.2, -0.15) is 0 Å². The van der Waals surface area contributed by atoms with Crippen LogP contribution in [0.3, 0.4) is 0 Å². The summed E-state index contributed by atoms with van der Waals surface area (Å²) in [6.45, 7) is 3.92. The number of rotatable bonds is 3. The van der Waals surface area contributed by atoms with E-state index in [9.17, 15) is 9.59 Å². The first-order valence-electron chi connectivity index (χ1n) is 8.21. The van der Waals surface area contributed by atoms with Crippen molar-refractivity contribution in [1.82, 2.24) is 0 Å². The Labute approximate surface area is 141 Å². The number of benzene rings is 1. The van der Waals surface area contributed by atoms with Crippen LogP contribution in [0.15, 0.2) is 47.1 Å². The van der Waals surface area contributed by atoms with E-state index in [1.165, 1.54) is 0 Å². The fourth-order valence-corrected chi connectivity index (χ4v) is 3.39. The van der Waals surface area contributed by atoms with Gasteiger partial charge in [0.25, 0.3) is 0 Å². The topological polar surface area (TPSA) is 78.6 Å². The lowest BCUT2D eigenvalue weighted by Crippen LogP contribution is -2.31. The van der Waals surface area contributed by atoms with E-state index >= 15 is 0 Å². The van der Waals surface area contributed by atoms with Gasteiger partial charge in [-0.25, -0.2) is 4.79 Å². The number of carbonyl (C=O) groups is 2. The standard InChI is InChI=1S/C19H21NO4/c1-3-23-19(22)17-15(12-8-5-4-7-11(12)2)16-13(21)9-6-10-14(16)24-18(17)20/h4-5,7-8,15H,3,6,9-10,20H2,1-2H3. The summed E-state index contributed by atoms with van der Waals surface area (Å²) in [5.41, 5.74) is 8.70. The number of hydrogen-bond acceptors (Lipinski definition) is 5. The quantitative estimate of drug-likeness (QED) is 0.864. The van der Waals surface area contributed by atoms with Crippen molar-refractivity contribution in [2.45, 2.75) is 39.0 Å². The summed E-state index contributed by atoms with van der Waals surface area (Å²) >= 11 is 0. The monoisotopic (exact) mass is 327 g/mol. The number of carbonyl (C=O) groups excluding carboxylic acids is 2. The zero-order valence-corrected chi connectivity index (χ0v) is 13.9. The molecule has 1 heterocycles. The van der Waals surface area contributed by atoms with Crippen LogP contribution in [0, 0.1) is 6.92 Å². The van der Waals surface area contributed by atoms with Crippen molar-refractivity contribution in [3.8, 4) is 0 Å². The number of allylic oxidation sites excluding steroid dienone is 2. The molecule has 1 unspecified atom stereocenters. The average molecular weight is 327 g/mol. The molecule has 1 atom stereocenters. The minimum Gasteiger partial charge on any atom is -0.462 e. The number of ether oxygens (including phenoxy) is 2. The van der Waals surface area contributed by atoms with Crippen molar-refractivity contribution in [3.63, 3.8) is 0 Å². The lowest BCUT2D eigenvalue weighted by molar-refractivity contribution is -0.139. The SMILES string of the molecule is CCOC(=O)C1=C(N)OC2=C(C(=O)CCC2)C1c1ccccc1C. The van der Waals surface area contributed by atoms with Crippen LogP contribution in [0.4, 0.5) is 0 Å². The molecular weight excluding hydrogens is 306 g/mol. The summed E-state index contributed by atoms with van der Waals surface area (Å²) in [5.74, 6) is -0.422. The molecule has 2 aliphatic rings. The zero-order valence-electron chi connectivity index (χ0n) is 13.9. The van der Waals surface area contributed by atoms with Crippen molar-refractivity contribution in [2.75, 3.05) is 6.61 Å². The molecular formula is C19H21NO4. The number of esters is 1. The highest BCUT2D eigenvalue weighted by Crippen LogP contribution is 2.44. The largest absolute Gasteiger partial charge is 0.462 e. The fourth-order valence-electron chi connectivity index (χ4n) is 3.39. The van der Waals surface area contributed by atoms with E-state index in [0.717, 1.165) is 17.5 Å². The summed E-state index contributed by atoms with van der Waals surface area (Å²) in [5, 5.41) is 0. The van der Waals surface area contributed by atoms with Gasteiger partial charge in [-0.3, -0.25) is 4.79 Å². The van der Waals surface area contributed by atoms with Gasteiger partial charge in [-0.15, -0.1) is 0 Å². The third-order valence-corrected chi connectivity index (χ3v) is 4.48. The Morgan fingerprint density at radius 3 is 2.79 bits per heavy atom. The van der Waals surface area contributed by atoms with Gasteiger partial charge in [0.2, 0.25) is 5.88 Å². The molecule has 1 aliphatic heterocycles. The average Bonchev–Trinajstić information content (AvgIpc) is 2.54. The van der Waals surface area contributed by atoms with E-state index in [1.807, 2.05) is 31.2 Å². The summed E-state index contributed by atoms with van der Waals surface area (Å²) in [6, 6.07) is 7.69. The Balaban J connectivity index is 2.19. The van der Waals surface area contributed by atoms with Crippen molar-refractivity contribution in [3.05, 3.63) is 58.2 Å². The maximum atomic E-state index is 12.6. The van der Waals surface area contributed by atoms with Gasteiger partial charge in [-0.1, -0.05) is 24.3 Å². The van der Waals surface area contributed by atoms with Crippen LogP contribution in [0.5, 0.6) is 0 Å². The number of ketones is 1. The normalized spacial score (nSPS) is 20.6. The molecule has 0 spiro atoms. The Bertz CT molecular complexity index is 760. The van der Waals surface area contributed by atoms with Crippen LogP contribution in [0.2, 0.25) is 0 Å². The van der Waals surface area contributed by atoms with Gasteiger partial charge in [0.1, 0.15) is 11.3 Å². The van der Waals surface area contributed by atoms with Crippen molar-refractivity contribution in [1.29, 1.82) is 0 Å². The predicted molar refractivity (Wildman–Crippen MR) is 88.7 cm³/mol. The lowest BCUT2D eigenvalue weighted by Gasteiger charge is -2.33. The smallest absolute Gasteiger partial charge is 0.340 e. The Kier molecular flexibility index (Phi) is 4.42. The van der Waals surface area contributed by atoms with E-state index in [2.05, 4.69) is 0 Å². The first kappa shape index (κ1) is 16.3. The van der Waals surface area contributed by atoms with E-state index in [1.54, 1.807) is 6.92 Å². The molecule has 1 aliphatic carbocycles. The lowest BCUT2D eigenvalue weighted by atomic mass is 9.76. The predicted octanol–water partition coefficient (Wildman–Crippen LogP) is 2.85. The molecule has 1 aromatic carbocycles. The second-order valence-electron chi connectivity index (χ2n) is 6.00. The van der Waals surface area contributed by atoms with Crippen molar-refractivity contribution < 1.29 is 19.1 Å². The third kappa shape index (κ3) is 2.70. The second-order valence-corrected chi connectivity index (χ2v) is 6.00. The summed E-state index contributed by atoms with van der Waals surface area (Å²) in [6.07, 6.45) is 1.85. The Morgan fingerprint density at radius 2 is 2.08 bits per heavy atom. The van der Waals surface area contributed by atoms with Crippen molar-refractivity contribution >= 4 is 11.8 Å². The highest BCUT2D eigenvalue weighted by molar-refractivity contribution is 6.03. The minimum absolute atomic E-state index is 0.0128. The zero-order chi connectivity index (χ0) is 17.3. The molecule has 0 saturated carbocycles. The van der Waals surface area contributed by atoms with E-state index in [4.69, 9.17) is 15.2 Å². The van der Waals surface area contributed by atoms with Crippen LogP contribution < -0.4 is 5.73 Å². The molecule has 0 aromatic heterocycles. The molecule has 3 rings (SSSR count). The van der Waals surface area contributed by atoms with E-state index in [0.29, 0.717) is 24.2 Å². The molecule has 0 fully saturated rings. The van der Waals surface area contributed by atoms with Crippen molar-refractivity contribution in [2.24, 2.45) is 5.73 Å². The number of aryl methyl sites for hydroxylation is 1. The summed E-state index contributed by atoms with van der Waals surface area (Å²) < 4.78 is 10.8. The van der Waals surface area contributed by atoms with Gasteiger partial charge in [0, 0.05) is 18.4 Å². The summed E-state index contributed by atoms with van der Waals surface area (Å²) in [7, 11) is 0. The van der Waals surface area contributed by atoms with Crippen LogP contribution in [0.25, 0.3) is 0 Å². The highest BCUT2D eigenvalue weighted by atomic mass is 16.5. The molecule has 0 radical (unpaired) electrons. The second kappa shape index (κ2) is 6.51. The van der Waals surface area contributed by atoms with Gasteiger partial charge in [0.05, 0.1) is 12.5 Å². The van der Waals surface area contributed by atoms with Crippen LogP contribution >= 0.6 is 0 Å². The van der Waals surface area contributed by atoms with Crippen LogP contribution in [0.1, 0.15) is 43.2 Å². The van der Waals surface area contributed by atoms with Gasteiger partial charge in [-0.05, 0) is 31.4 Å². The minimum atomic E-state index is -0.534. The van der Waals surface area contributed by atoms with Gasteiger partial charge in [0.15, 0.2) is 5.78 Å². The molecule has 5 heteroatoms. The first-order chi connectivity index (χ1) is 11.5. The molecule has 0 bridgehead atoms. The maximum Gasteiger partial charge on any atom is 0.340 e. The first-order valence-corrected chi connectivity index (χ1v) is 8.21. The Hall–Kier alpha value is -2.56. The number of hydrogen-bond donors (Lipinski definition) is 1. The third-order valence-electron chi connectivity index (χ3n) is 4.48. The Morgan fingerprint density at radius 1 is 1.33 bits per heavy atom. The molecule has 1 aromatic rings. The molecule has 0 saturated heterocycles. The number of Topliss-reactive ketones (excluding diaryl/α,β-unsaturated/α-hetero) is 1. The maximum absolute atomic E-state index is 12.6. The highest BCUT2D eigenvalue weighted by Gasteiger charge is 2.41. The molecule has 5 nitrogen and oxygen atoms in total. The van der Waals surface area contributed by atoms with E-state index < -0.39 is 11.9 Å². The molecule has 126 valence electrons.